The fourth-order valence-corrected chi connectivity index (χ4v) is 2.25. The maximum Gasteiger partial charge on any atom is 0.0406 e. The van der Waals surface area contributed by atoms with Gasteiger partial charge in [-0.2, -0.15) is 11.8 Å². The van der Waals surface area contributed by atoms with Crippen LogP contribution in [0.15, 0.2) is 48.5 Å². The molecule has 2 rings (SSSR count). The summed E-state index contributed by atoms with van der Waals surface area (Å²) in [7, 11) is 0. The van der Waals surface area contributed by atoms with Crippen LogP contribution in [-0.2, 0) is 5.75 Å². The molecule has 0 N–H and O–H groups in total. The van der Waals surface area contributed by atoms with Gasteiger partial charge in [0.2, 0.25) is 0 Å². The molecule has 0 aliphatic rings. The summed E-state index contributed by atoms with van der Waals surface area (Å²) in [5.74, 6) is 1.07. The van der Waals surface area contributed by atoms with E-state index in [-0.39, 0.29) is 0 Å². The van der Waals surface area contributed by atoms with Crippen molar-refractivity contribution in [2.24, 2.45) is 0 Å². The van der Waals surface area contributed by atoms with Crippen molar-refractivity contribution >= 4 is 23.4 Å². The molecule has 0 bridgehead atoms. The molecular formula is C14H13ClS. The Morgan fingerprint density at radius 1 is 0.875 bits per heavy atom. The number of benzene rings is 2. The lowest BCUT2D eigenvalue weighted by molar-refractivity contribution is 1.42. The zero-order chi connectivity index (χ0) is 11.4. The second kappa shape index (κ2) is 5.42. The fourth-order valence-electron chi connectivity index (χ4n) is 1.60. The number of hydrogen-bond acceptors (Lipinski definition) is 1. The third-order valence-corrected chi connectivity index (χ3v) is 3.32. The Labute approximate surface area is 106 Å². The zero-order valence-electron chi connectivity index (χ0n) is 9.11. The van der Waals surface area contributed by atoms with Gasteiger partial charge in [0.25, 0.3) is 0 Å². The topological polar surface area (TPSA) is 0 Å². The third-order valence-electron chi connectivity index (χ3n) is 2.44. The highest BCUT2D eigenvalue weighted by molar-refractivity contribution is 7.97. The van der Waals surface area contributed by atoms with E-state index in [9.17, 15) is 0 Å². The van der Waals surface area contributed by atoms with Crippen molar-refractivity contribution in [1.82, 2.24) is 0 Å². The summed E-state index contributed by atoms with van der Waals surface area (Å²) in [4.78, 5) is 0. The normalized spacial score (nSPS) is 10.4. The Balaban J connectivity index is 2.24. The summed E-state index contributed by atoms with van der Waals surface area (Å²) in [6.45, 7) is 0. The number of hydrogen-bond donors (Lipinski definition) is 0. The summed E-state index contributed by atoms with van der Waals surface area (Å²) < 4.78 is 0. The van der Waals surface area contributed by atoms with Gasteiger partial charge in [-0.05, 0) is 35.1 Å². The van der Waals surface area contributed by atoms with Gasteiger partial charge in [-0.1, -0.05) is 48.0 Å². The van der Waals surface area contributed by atoms with E-state index in [2.05, 4.69) is 30.5 Å². The minimum atomic E-state index is 0.780. The number of halogens is 1. The van der Waals surface area contributed by atoms with E-state index in [0.717, 1.165) is 10.8 Å². The van der Waals surface area contributed by atoms with E-state index in [0.29, 0.717) is 0 Å². The van der Waals surface area contributed by atoms with Crippen LogP contribution in [-0.4, -0.2) is 6.26 Å². The average Bonchev–Trinajstić information content (AvgIpc) is 2.32. The summed E-state index contributed by atoms with van der Waals surface area (Å²) >= 11 is 7.70. The molecule has 0 radical (unpaired) electrons. The Bertz CT molecular complexity index is 445. The Morgan fingerprint density at radius 3 is 1.88 bits per heavy atom. The Kier molecular flexibility index (Phi) is 3.92. The molecule has 82 valence electrons. The zero-order valence-corrected chi connectivity index (χ0v) is 10.7. The molecule has 0 nitrogen and oxygen atoms in total. The number of thioether (sulfide) groups is 1. The Hall–Kier alpha value is -0.920. The second-order valence-electron chi connectivity index (χ2n) is 3.64. The van der Waals surface area contributed by atoms with E-state index in [1.54, 1.807) is 0 Å². The van der Waals surface area contributed by atoms with Gasteiger partial charge in [0, 0.05) is 10.8 Å². The van der Waals surface area contributed by atoms with E-state index < -0.39 is 0 Å². The van der Waals surface area contributed by atoms with Crippen molar-refractivity contribution in [3.8, 4) is 11.1 Å². The van der Waals surface area contributed by atoms with Crippen molar-refractivity contribution in [1.29, 1.82) is 0 Å². The molecule has 16 heavy (non-hydrogen) atoms. The molecule has 0 unspecified atom stereocenters. The van der Waals surface area contributed by atoms with Crippen LogP contribution in [0.1, 0.15) is 5.56 Å². The first-order chi connectivity index (χ1) is 7.79. The van der Waals surface area contributed by atoms with Crippen LogP contribution in [0.2, 0.25) is 5.02 Å². The lowest BCUT2D eigenvalue weighted by Gasteiger charge is -2.03. The molecule has 2 aromatic rings. The molecule has 0 fully saturated rings. The quantitative estimate of drug-likeness (QED) is 0.747. The first-order valence-electron chi connectivity index (χ1n) is 5.13. The first kappa shape index (κ1) is 11.6. The highest BCUT2D eigenvalue weighted by atomic mass is 35.5. The highest BCUT2D eigenvalue weighted by Gasteiger charge is 1.97. The second-order valence-corrected chi connectivity index (χ2v) is 4.94. The SMILES string of the molecule is CSCc1ccc(-c2ccc(Cl)cc2)cc1. The first-order valence-corrected chi connectivity index (χ1v) is 6.90. The van der Waals surface area contributed by atoms with Crippen LogP contribution in [0.5, 0.6) is 0 Å². The molecule has 2 heteroatoms. The maximum atomic E-state index is 5.86. The van der Waals surface area contributed by atoms with Crippen LogP contribution >= 0.6 is 23.4 Å². The summed E-state index contributed by atoms with van der Waals surface area (Å²) in [5, 5.41) is 0.780. The summed E-state index contributed by atoms with van der Waals surface area (Å²) in [6.07, 6.45) is 2.12. The largest absolute Gasteiger partial charge is 0.161 e. The van der Waals surface area contributed by atoms with Gasteiger partial charge in [0.1, 0.15) is 0 Å². The molecule has 0 heterocycles. The smallest absolute Gasteiger partial charge is 0.0406 e. The van der Waals surface area contributed by atoms with Gasteiger partial charge >= 0.3 is 0 Å². The lowest BCUT2D eigenvalue weighted by atomic mass is 10.0. The molecule has 0 saturated heterocycles. The van der Waals surface area contributed by atoms with Crippen LogP contribution < -0.4 is 0 Å². The van der Waals surface area contributed by atoms with Gasteiger partial charge in [-0.15, -0.1) is 0 Å². The van der Waals surface area contributed by atoms with Gasteiger partial charge in [-0.3, -0.25) is 0 Å². The molecule has 0 aliphatic heterocycles. The van der Waals surface area contributed by atoms with Crippen LogP contribution in [0.3, 0.4) is 0 Å². The molecule has 0 amide bonds. The predicted octanol–water partition coefficient (Wildman–Crippen LogP) is 4.87. The van der Waals surface area contributed by atoms with Gasteiger partial charge in [0.05, 0.1) is 0 Å². The van der Waals surface area contributed by atoms with E-state index in [4.69, 9.17) is 11.6 Å². The van der Waals surface area contributed by atoms with E-state index in [1.807, 2.05) is 36.0 Å². The molecule has 0 aliphatic carbocycles. The number of rotatable bonds is 3. The van der Waals surface area contributed by atoms with E-state index in [1.165, 1.54) is 16.7 Å². The monoisotopic (exact) mass is 248 g/mol. The van der Waals surface area contributed by atoms with Crippen molar-refractivity contribution in [2.45, 2.75) is 5.75 Å². The molecule has 0 spiro atoms. The molecule has 0 aromatic heterocycles. The highest BCUT2D eigenvalue weighted by Crippen LogP contribution is 2.22. The Morgan fingerprint density at radius 2 is 1.38 bits per heavy atom. The van der Waals surface area contributed by atoms with Gasteiger partial charge in [-0.25, -0.2) is 0 Å². The summed E-state index contributed by atoms with van der Waals surface area (Å²) in [5.41, 5.74) is 3.81. The minimum absolute atomic E-state index is 0.780. The van der Waals surface area contributed by atoms with Gasteiger partial charge < -0.3 is 0 Å². The molecular weight excluding hydrogens is 236 g/mol. The van der Waals surface area contributed by atoms with Crippen LogP contribution in [0.4, 0.5) is 0 Å². The van der Waals surface area contributed by atoms with Crippen molar-refractivity contribution in [3.05, 3.63) is 59.1 Å². The maximum absolute atomic E-state index is 5.86. The van der Waals surface area contributed by atoms with Crippen LogP contribution in [0, 0.1) is 0 Å². The van der Waals surface area contributed by atoms with Crippen molar-refractivity contribution < 1.29 is 0 Å². The van der Waals surface area contributed by atoms with Gasteiger partial charge in [0.15, 0.2) is 0 Å². The molecule has 0 saturated carbocycles. The predicted molar refractivity (Wildman–Crippen MR) is 74.1 cm³/mol. The minimum Gasteiger partial charge on any atom is -0.161 e. The van der Waals surface area contributed by atoms with Crippen molar-refractivity contribution in [2.75, 3.05) is 6.26 Å². The van der Waals surface area contributed by atoms with Crippen LogP contribution in [0.25, 0.3) is 11.1 Å². The van der Waals surface area contributed by atoms with E-state index >= 15 is 0 Å². The molecule has 0 atom stereocenters. The average molecular weight is 249 g/mol. The fraction of sp³-hybridized carbons (Fsp3) is 0.143. The third kappa shape index (κ3) is 2.81. The molecule has 2 aromatic carbocycles. The summed E-state index contributed by atoms with van der Waals surface area (Å²) in [6, 6.07) is 16.6. The standard InChI is InChI=1S/C14H13ClS/c1-16-10-11-2-4-12(5-3-11)13-6-8-14(15)9-7-13/h2-9H,10H2,1H3. The lowest BCUT2D eigenvalue weighted by Crippen LogP contribution is -1.81. The van der Waals surface area contributed by atoms with Crippen molar-refractivity contribution in [3.63, 3.8) is 0 Å².